The molecule has 0 aliphatic rings. The van der Waals surface area contributed by atoms with Gasteiger partial charge in [-0.15, -0.1) is 0 Å². The maximum absolute atomic E-state index is 12.5. The molecule has 0 fully saturated rings. The van der Waals surface area contributed by atoms with Gasteiger partial charge in [0.1, 0.15) is 0 Å². The lowest BCUT2D eigenvalue weighted by Crippen LogP contribution is -2.15. The lowest BCUT2D eigenvalue weighted by molar-refractivity contribution is -0.385. The summed E-state index contributed by atoms with van der Waals surface area (Å²) in [6.45, 7) is 6.00. The SMILES string of the molecule is COc1ccc(C(=O)Nc2c(C)cccc2C(C)C)cc1[N+](=O)[O-]. The molecule has 0 aromatic heterocycles. The lowest BCUT2D eigenvalue weighted by Gasteiger charge is -2.16. The minimum Gasteiger partial charge on any atom is -0.490 e. The molecule has 0 bridgehead atoms. The zero-order valence-electron chi connectivity index (χ0n) is 14.1. The fraction of sp³-hybridized carbons (Fsp3) is 0.278. The van der Waals surface area contributed by atoms with Gasteiger partial charge in [0.25, 0.3) is 5.91 Å². The molecule has 0 saturated heterocycles. The van der Waals surface area contributed by atoms with Gasteiger partial charge in [-0.05, 0) is 36.1 Å². The van der Waals surface area contributed by atoms with Crippen molar-refractivity contribution in [2.45, 2.75) is 26.7 Å². The highest BCUT2D eigenvalue weighted by Crippen LogP contribution is 2.30. The number of methoxy groups -OCH3 is 1. The summed E-state index contributed by atoms with van der Waals surface area (Å²) in [5.41, 5.74) is 2.68. The van der Waals surface area contributed by atoms with E-state index in [2.05, 4.69) is 5.32 Å². The second-order valence-electron chi connectivity index (χ2n) is 5.79. The average Bonchev–Trinajstić information content (AvgIpc) is 2.55. The molecule has 1 N–H and O–H groups in total. The summed E-state index contributed by atoms with van der Waals surface area (Å²) in [5, 5.41) is 14.0. The molecule has 0 aliphatic carbocycles. The largest absolute Gasteiger partial charge is 0.490 e. The topological polar surface area (TPSA) is 81.5 Å². The Morgan fingerprint density at radius 1 is 1.25 bits per heavy atom. The fourth-order valence-corrected chi connectivity index (χ4v) is 2.50. The predicted octanol–water partition coefficient (Wildman–Crippen LogP) is 4.29. The Morgan fingerprint density at radius 2 is 1.96 bits per heavy atom. The van der Waals surface area contributed by atoms with Crippen molar-refractivity contribution in [3.63, 3.8) is 0 Å². The van der Waals surface area contributed by atoms with E-state index in [1.54, 1.807) is 0 Å². The molecular formula is C18H20N2O4. The standard InChI is InChI=1S/C18H20N2O4/c1-11(2)14-7-5-6-12(3)17(14)19-18(21)13-8-9-16(24-4)15(10-13)20(22)23/h5-11H,1-4H3,(H,19,21). The van der Waals surface area contributed by atoms with Crippen LogP contribution in [0.4, 0.5) is 11.4 Å². The van der Waals surface area contributed by atoms with Gasteiger partial charge in [0, 0.05) is 17.3 Å². The van der Waals surface area contributed by atoms with Crippen LogP contribution in [0.2, 0.25) is 0 Å². The minimum absolute atomic E-state index is 0.121. The highest BCUT2D eigenvalue weighted by atomic mass is 16.6. The molecular weight excluding hydrogens is 308 g/mol. The molecule has 2 aromatic carbocycles. The van der Waals surface area contributed by atoms with Crippen LogP contribution in [0.25, 0.3) is 0 Å². The average molecular weight is 328 g/mol. The smallest absolute Gasteiger partial charge is 0.311 e. The van der Waals surface area contributed by atoms with Crippen molar-refractivity contribution in [3.8, 4) is 5.75 Å². The first kappa shape index (κ1) is 17.5. The number of nitrogens with one attached hydrogen (secondary N) is 1. The van der Waals surface area contributed by atoms with Crippen LogP contribution in [0, 0.1) is 17.0 Å². The highest BCUT2D eigenvalue weighted by Gasteiger charge is 2.19. The normalized spacial score (nSPS) is 10.5. The first-order chi connectivity index (χ1) is 11.3. The number of carbonyl (C=O) groups excluding carboxylic acids is 1. The van der Waals surface area contributed by atoms with Crippen LogP contribution >= 0.6 is 0 Å². The summed E-state index contributed by atoms with van der Waals surface area (Å²) in [5.74, 6) is -0.0299. The van der Waals surface area contributed by atoms with E-state index in [9.17, 15) is 14.9 Å². The van der Waals surface area contributed by atoms with Crippen LogP contribution < -0.4 is 10.1 Å². The number of hydrogen-bond donors (Lipinski definition) is 1. The summed E-state index contributed by atoms with van der Waals surface area (Å²) in [6.07, 6.45) is 0. The Labute approximate surface area is 140 Å². The minimum atomic E-state index is -0.567. The van der Waals surface area contributed by atoms with Crippen LogP contribution in [-0.2, 0) is 0 Å². The monoisotopic (exact) mass is 328 g/mol. The number of nitro benzene ring substituents is 1. The van der Waals surface area contributed by atoms with E-state index in [1.807, 2.05) is 39.0 Å². The summed E-state index contributed by atoms with van der Waals surface area (Å²) in [7, 11) is 1.35. The Balaban J connectivity index is 2.38. The van der Waals surface area contributed by atoms with Crippen molar-refractivity contribution in [1.82, 2.24) is 0 Å². The number of para-hydroxylation sites is 1. The number of hydrogen-bond acceptors (Lipinski definition) is 4. The molecule has 2 aromatic rings. The van der Waals surface area contributed by atoms with E-state index in [0.29, 0.717) is 0 Å². The van der Waals surface area contributed by atoms with Crippen molar-refractivity contribution in [1.29, 1.82) is 0 Å². The second kappa shape index (κ2) is 7.12. The van der Waals surface area contributed by atoms with Gasteiger partial charge in [-0.2, -0.15) is 0 Å². The van der Waals surface area contributed by atoms with Gasteiger partial charge in [0.2, 0.25) is 0 Å². The first-order valence-corrected chi connectivity index (χ1v) is 7.58. The first-order valence-electron chi connectivity index (χ1n) is 7.58. The zero-order valence-corrected chi connectivity index (χ0v) is 14.1. The van der Waals surface area contributed by atoms with Crippen LogP contribution in [0.3, 0.4) is 0 Å². The van der Waals surface area contributed by atoms with Gasteiger partial charge in [-0.25, -0.2) is 0 Å². The second-order valence-corrected chi connectivity index (χ2v) is 5.79. The van der Waals surface area contributed by atoms with Gasteiger partial charge in [-0.3, -0.25) is 14.9 Å². The van der Waals surface area contributed by atoms with E-state index in [1.165, 1.54) is 25.3 Å². The van der Waals surface area contributed by atoms with Crippen LogP contribution in [0.5, 0.6) is 5.75 Å². The van der Waals surface area contributed by atoms with Gasteiger partial charge >= 0.3 is 5.69 Å². The van der Waals surface area contributed by atoms with Gasteiger partial charge in [0.15, 0.2) is 5.75 Å². The fourth-order valence-electron chi connectivity index (χ4n) is 2.50. The molecule has 0 saturated carbocycles. The van der Waals surface area contributed by atoms with E-state index in [4.69, 9.17) is 4.74 Å². The third-order valence-corrected chi connectivity index (χ3v) is 3.80. The Morgan fingerprint density at radius 3 is 2.54 bits per heavy atom. The maximum atomic E-state index is 12.5. The van der Waals surface area contributed by atoms with Crippen molar-refractivity contribution >= 4 is 17.3 Å². The van der Waals surface area contributed by atoms with Gasteiger partial charge in [0.05, 0.1) is 12.0 Å². The van der Waals surface area contributed by atoms with Crippen molar-refractivity contribution in [2.75, 3.05) is 12.4 Å². The summed E-state index contributed by atoms with van der Waals surface area (Å²) >= 11 is 0. The van der Waals surface area contributed by atoms with Crippen LogP contribution in [-0.4, -0.2) is 17.9 Å². The molecule has 24 heavy (non-hydrogen) atoms. The molecule has 2 rings (SSSR count). The van der Waals surface area contributed by atoms with Gasteiger partial charge < -0.3 is 10.1 Å². The molecule has 6 heteroatoms. The van der Waals surface area contributed by atoms with Crippen molar-refractivity contribution in [3.05, 3.63) is 63.2 Å². The van der Waals surface area contributed by atoms with E-state index in [-0.39, 0.29) is 22.9 Å². The Hall–Kier alpha value is -2.89. The summed E-state index contributed by atoms with van der Waals surface area (Å²) in [6, 6.07) is 9.98. The summed E-state index contributed by atoms with van der Waals surface area (Å²) in [4.78, 5) is 23.1. The molecule has 0 unspecified atom stereocenters. The van der Waals surface area contributed by atoms with E-state index >= 15 is 0 Å². The number of amides is 1. The number of carbonyl (C=O) groups is 1. The third-order valence-electron chi connectivity index (χ3n) is 3.80. The third kappa shape index (κ3) is 3.53. The van der Waals surface area contributed by atoms with Crippen LogP contribution in [0.1, 0.15) is 41.3 Å². The number of anilines is 1. The number of nitrogens with zero attached hydrogens (tertiary/aromatic N) is 1. The molecule has 0 atom stereocenters. The van der Waals surface area contributed by atoms with Crippen molar-refractivity contribution in [2.24, 2.45) is 0 Å². The molecule has 1 amide bonds. The maximum Gasteiger partial charge on any atom is 0.311 e. The molecule has 0 spiro atoms. The quantitative estimate of drug-likeness (QED) is 0.656. The lowest BCUT2D eigenvalue weighted by atomic mass is 9.98. The molecule has 0 aliphatic heterocycles. The number of aryl methyl sites for hydroxylation is 1. The molecule has 126 valence electrons. The Bertz CT molecular complexity index is 785. The number of ether oxygens (including phenoxy) is 1. The van der Waals surface area contributed by atoms with E-state index in [0.717, 1.165) is 16.8 Å². The molecule has 0 heterocycles. The highest BCUT2D eigenvalue weighted by molar-refractivity contribution is 6.05. The zero-order chi connectivity index (χ0) is 17.9. The molecule has 0 radical (unpaired) electrons. The van der Waals surface area contributed by atoms with Crippen LogP contribution in [0.15, 0.2) is 36.4 Å². The van der Waals surface area contributed by atoms with Crippen molar-refractivity contribution < 1.29 is 14.5 Å². The number of rotatable bonds is 5. The number of benzene rings is 2. The predicted molar refractivity (Wildman–Crippen MR) is 92.9 cm³/mol. The van der Waals surface area contributed by atoms with E-state index < -0.39 is 10.8 Å². The Kier molecular flexibility index (Phi) is 5.18. The van der Waals surface area contributed by atoms with Gasteiger partial charge in [-0.1, -0.05) is 32.0 Å². The summed E-state index contributed by atoms with van der Waals surface area (Å²) < 4.78 is 4.96. The molecule has 6 nitrogen and oxygen atoms in total. The number of nitro groups is 1.